The van der Waals surface area contributed by atoms with Gasteiger partial charge < -0.3 is 19.7 Å². The van der Waals surface area contributed by atoms with E-state index in [0.717, 1.165) is 5.56 Å². The highest BCUT2D eigenvalue weighted by atomic mass is 19.1. The van der Waals surface area contributed by atoms with Crippen LogP contribution in [0.2, 0.25) is 0 Å². The van der Waals surface area contributed by atoms with Crippen LogP contribution in [0.3, 0.4) is 0 Å². The monoisotopic (exact) mass is 530 g/mol. The molecule has 39 heavy (non-hydrogen) atoms. The van der Waals surface area contributed by atoms with Gasteiger partial charge in [0.2, 0.25) is 5.91 Å². The lowest BCUT2D eigenvalue weighted by molar-refractivity contribution is -0.139. The zero-order valence-corrected chi connectivity index (χ0v) is 21.6. The molecule has 0 aliphatic rings. The summed E-state index contributed by atoms with van der Waals surface area (Å²) in [6.07, 6.45) is 0.0267. The number of rotatable bonds is 10. The molecule has 0 radical (unpaired) electrons. The maximum absolute atomic E-state index is 13.9. The van der Waals surface area contributed by atoms with Gasteiger partial charge in [0.05, 0.1) is 26.3 Å². The Hall–Kier alpha value is -4.72. The van der Waals surface area contributed by atoms with Crippen LogP contribution in [0.4, 0.5) is 14.5 Å². The molecule has 1 unspecified atom stereocenters. The average molecular weight is 531 g/mol. The van der Waals surface area contributed by atoms with Crippen LogP contribution in [0.1, 0.15) is 22.7 Å². The van der Waals surface area contributed by atoms with Crippen molar-refractivity contribution in [2.24, 2.45) is 0 Å². The second-order valence-electron chi connectivity index (χ2n) is 8.82. The Balaban J connectivity index is 1.75. The number of hydrogen-bond acceptors (Lipinski definition) is 4. The Labute approximate surface area is 225 Å². The number of anilines is 1. The summed E-state index contributed by atoms with van der Waals surface area (Å²) in [7, 11) is 2.98. The van der Waals surface area contributed by atoms with E-state index in [2.05, 4.69) is 5.32 Å². The van der Waals surface area contributed by atoms with Crippen molar-refractivity contribution < 1.29 is 27.8 Å². The van der Waals surface area contributed by atoms with Crippen molar-refractivity contribution in [3.8, 4) is 11.5 Å². The number of amides is 2. The summed E-state index contributed by atoms with van der Waals surface area (Å²) >= 11 is 0. The highest BCUT2D eigenvalue weighted by Crippen LogP contribution is 2.32. The lowest BCUT2D eigenvalue weighted by atomic mass is 10.0. The average Bonchev–Trinajstić information content (AvgIpc) is 2.95. The highest BCUT2D eigenvalue weighted by molar-refractivity contribution is 5.99. The second-order valence-corrected chi connectivity index (χ2v) is 8.82. The number of hydrogen-bond donors (Lipinski definition) is 1. The van der Waals surface area contributed by atoms with Gasteiger partial charge >= 0.3 is 0 Å². The van der Waals surface area contributed by atoms with E-state index in [4.69, 9.17) is 9.47 Å². The first-order valence-electron chi connectivity index (χ1n) is 12.2. The third-order valence-electron chi connectivity index (χ3n) is 6.20. The number of carbonyl (C=O) groups excluding carboxylic acids is 2. The highest BCUT2D eigenvalue weighted by Gasteiger charge is 2.32. The van der Waals surface area contributed by atoms with Gasteiger partial charge in [-0.2, -0.15) is 0 Å². The lowest BCUT2D eigenvalue weighted by Gasteiger charge is -2.32. The van der Waals surface area contributed by atoms with Gasteiger partial charge in [-0.25, -0.2) is 8.78 Å². The Kier molecular flexibility index (Phi) is 8.89. The first-order valence-corrected chi connectivity index (χ1v) is 12.2. The Morgan fingerprint density at radius 2 is 1.44 bits per heavy atom. The van der Waals surface area contributed by atoms with Crippen molar-refractivity contribution in [2.75, 3.05) is 19.5 Å². The number of carbonyl (C=O) groups is 2. The maximum atomic E-state index is 13.9. The number of nitrogens with one attached hydrogen (secondary N) is 1. The molecule has 4 aromatic carbocycles. The molecule has 200 valence electrons. The van der Waals surface area contributed by atoms with Crippen LogP contribution in [0, 0.1) is 11.6 Å². The van der Waals surface area contributed by atoms with Crippen molar-refractivity contribution in [3.05, 3.63) is 125 Å². The Morgan fingerprint density at radius 3 is 2.05 bits per heavy atom. The predicted octanol–water partition coefficient (Wildman–Crippen LogP) is 5.93. The normalized spacial score (nSPS) is 11.4. The molecule has 0 aromatic heterocycles. The molecule has 0 spiro atoms. The number of benzene rings is 4. The number of nitrogens with zero attached hydrogens (tertiary/aromatic N) is 1. The fourth-order valence-corrected chi connectivity index (χ4v) is 4.20. The molecule has 0 fully saturated rings. The fraction of sp³-hybridized carbons (Fsp3) is 0.161. The van der Waals surface area contributed by atoms with E-state index in [1.165, 1.54) is 55.5 Å². The van der Waals surface area contributed by atoms with Gasteiger partial charge in [0.25, 0.3) is 5.91 Å². The minimum absolute atomic E-state index is 0.0150. The molecule has 4 aromatic rings. The lowest BCUT2D eigenvalue weighted by Crippen LogP contribution is -2.41. The van der Waals surface area contributed by atoms with Crippen LogP contribution in [-0.4, -0.2) is 30.9 Å². The molecule has 6 nitrogen and oxygen atoms in total. The van der Waals surface area contributed by atoms with Crippen LogP contribution in [0.15, 0.2) is 97.1 Å². The molecule has 1 atom stereocenters. The molecule has 0 saturated heterocycles. The molecule has 0 heterocycles. The predicted molar refractivity (Wildman–Crippen MR) is 144 cm³/mol. The van der Waals surface area contributed by atoms with Gasteiger partial charge in [0.15, 0.2) is 0 Å². The molecule has 2 amide bonds. The zero-order valence-electron chi connectivity index (χ0n) is 21.6. The summed E-state index contributed by atoms with van der Waals surface area (Å²) in [5.74, 6) is -0.863. The van der Waals surface area contributed by atoms with E-state index in [1.807, 2.05) is 30.3 Å². The summed E-state index contributed by atoms with van der Waals surface area (Å²) in [6.45, 7) is 0.0150. The summed E-state index contributed by atoms with van der Waals surface area (Å²) in [5.41, 5.74) is 2.17. The minimum Gasteiger partial charge on any atom is -0.497 e. The number of methoxy groups -OCH3 is 2. The van der Waals surface area contributed by atoms with E-state index in [0.29, 0.717) is 28.3 Å². The molecule has 0 aliphatic carbocycles. The van der Waals surface area contributed by atoms with Crippen molar-refractivity contribution in [1.82, 2.24) is 4.90 Å². The summed E-state index contributed by atoms with van der Waals surface area (Å²) < 4.78 is 38.1. The molecule has 0 aliphatic heterocycles. The quantitative estimate of drug-likeness (QED) is 0.276. The molecular formula is C31H28F2N2O4. The summed E-state index contributed by atoms with van der Waals surface area (Å²) in [5, 5.41) is 2.85. The molecule has 8 heteroatoms. The van der Waals surface area contributed by atoms with Crippen molar-refractivity contribution in [3.63, 3.8) is 0 Å². The van der Waals surface area contributed by atoms with E-state index in [1.54, 1.807) is 30.3 Å². The molecule has 1 N–H and O–H groups in total. The van der Waals surface area contributed by atoms with Crippen LogP contribution in [-0.2, 0) is 22.6 Å². The van der Waals surface area contributed by atoms with Crippen molar-refractivity contribution in [1.29, 1.82) is 0 Å². The van der Waals surface area contributed by atoms with E-state index >= 15 is 0 Å². The first kappa shape index (κ1) is 27.3. The summed E-state index contributed by atoms with van der Waals surface area (Å²) in [4.78, 5) is 29.1. The molecular weight excluding hydrogens is 502 g/mol. The minimum atomic E-state index is -1.14. The van der Waals surface area contributed by atoms with Gasteiger partial charge in [0.1, 0.15) is 29.2 Å². The first-order chi connectivity index (χ1) is 18.9. The van der Waals surface area contributed by atoms with Crippen LogP contribution in [0.5, 0.6) is 11.5 Å². The zero-order chi connectivity index (χ0) is 27.8. The van der Waals surface area contributed by atoms with Crippen LogP contribution >= 0.6 is 0 Å². The largest absolute Gasteiger partial charge is 0.497 e. The van der Waals surface area contributed by atoms with Gasteiger partial charge in [-0.1, -0.05) is 54.6 Å². The third-order valence-corrected chi connectivity index (χ3v) is 6.20. The van der Waals surface area contributed by atoms with Gasteiger partial charge in [-0.15, -0.1) is 0 Å². The topological polar surface area (TPSA) is 67.9 Å². The van der Waals surface area contributed by atoms with E-state index in [9.17, 15) is 18.4 Å². The standard InChI is InChI=1S/C31H28F2N2O4/c1-38-26-16-17-27(28(19-26)39-2)34-31(37)30(23-10-14-25(33)15-11-23)35(20-22-8-12-24(32)13-9-22)29(36)18-21-6-4-3-5-7-21/h3-17,19,30H,18,20H2,1-2H3,(H,34,37). The second kappa shape index (κ2) is 12.7. The van der Waals surface area contributed by atoms with Crippen molar-refractivity contribution in [2.45, 2.75) is 19.0 Å². The molecule has 0 bridgehead atoms. The number of halogens is 2. The van der Waals surface area contributed by atoms with Crippen molar-refractivity contribution >= 4 is 17.5 Å². The van der Waals surface area contributed by atoms with Crippen LogP contribution < -0.4 is 14.8 Å². The molecule has 4 rings (SSSR count). The van der Waals surface area contributed by atoms with Gasteiger partial charge in [0, 0.05) is 12.6 Å². The number of ether oxygens (including phenoxy) is 2. The molecule has 0 saturated carbocycles. The fourth-order valence-electron chi connectivity index (χ4n) is 4.20. The summed E-state index contributed by atoms with van der Waals surface area (Å²) in [6, 6.07) is 24.1. The third kappa shape index (κ3) is 6.98. The van der Waals surface area contributed by atoms with Gasteiger partial charge in [-0.3, -0.25) is 9.59 Å². The van der Waals surface area contributed by atoms with Gasteiger partial charge in [-0.05, 0) is 53.1 Å². The van der Waals surface area contributed by atoms with E-state index in [-0.39, 0.29) is 18.9 Å². The Morgan fingerprint density at radius 1 is 0.795 bits per heavy atom. The Bertz CT molecular complexity index is 1410. The smallest absolute Gasteiger partial charge is 0.251 e. The van der Waals surface area contributed by atoms with Crippen LogP contribution in [0.25, 0.3) is 0 Å². The van der Waals surface area contributed by atoms with E-state index < -0.39 is 23.6 Å². The SMILES string of the molecule is COc1ccc(NC(=O)C(c2ccc(F)cc2)N(Cc2ccc(F)cc2)C(=O)Cc2ccccc2)c(OC)c1. The maximum Gasteiger partial charge on any atom is 0.251 e.